The monoisotopic (exact) mass is 290 g/mol. The standard InChI is InChI=1S/C16H22N2O3/c1-5-6-20-11-13-7-12(10-17)8-14(9-13)18-15(19)21-16(2,3)4/h7-9H,5-6,11H2,1-4H3,(H,18,19). The van der Waals surface area contributed by atoms with E-state index in [-0.39, 0.29) is 0 Å². The van der Waals surface area contributed by atoms with Crippen molar-refractivity contribution in [3.63, 3.8) is 0 Å². The first-order valence-corrected chi connectivity index (χ1v) is 6.96. The van der Waals surface area contributed by atoms with Crippen molar-refractivity contribution in [3.8, 4) is 6.07 Å². The molecule has 1 aromatic carbocycles. The molecule has 0 aliphatic rings. The third kappa shape index (κ3) is 6.77. The van der Waals surface area contributed by atoms with E-state index in [2.05, 4.69) is 11.4 Å². The molecule has 1 N–H and O–H groups in total. The maximum absolute atomic E-state index is 11.8. The van der Waals surface area contributed by atoms with E-state index in [0.29, 0.717) is 24.5 Å². The second kappa shape index (κ2) is 7.65. The van der Waals surface area contributed by atoms with Crippen LogP contribution in [0.4, 0.5) is 10.5 Å². The zero-order valence-electron chi connectivity index (χ0n) is 13.0. The highest BCUT2D eigenvalue weighted by atomic mass is 16.6. The number of nitrogens with one attached hydrogen (secondary N) is 1. The van der Waals surface area contributed by atoms with Gasteiger partial charge in [-0.1, -0.05) is 6.92 Å². The van der Waals surface area contributed by atoms with E-state index in [9.17, 15) is 4.79 Å². The van der Waals surface area contributed by atoms with Crippen molar-refractivity contribution in [2.24, 2.45) is 0 Å². The number of amides is 1. The van der Waals surface area contributed by atoms with Crippen LogP contribution in [0.1, 0.15) is 45.2 Å². The fourth-order valence-electron chi connectivity index (χ4n) is 1.67. The van der Waals surface area contributed by atoms with Crippen molar-refractivity contribution in [3.05, 3.63) is 29.3 Å². The molecule has 0 unspecified atom stereocenters. The predicted molar refractivity (Wildman–Crippen MR) is 81.0 cm³/mol. The van der Waals surface area contributed by atoms with Gasteiger partial charge in [-0.25, -0.2) is 4.79 Å². The number of nitrogens with zero attached hydrogens (tertiary/aromatic N) is 1. The van der Waals surface area contributed by atoms with Crippen molar-refractivity contribution >= 4 is 11.8 Å². The average molecular weight is 290 g/mol. The number of hydrogen-bond acceptors (Lipinski definition) is 4. The minimum Gasteiger partial charge on any atom is -0.444 e. The summed E-state index contributed by atoms with van der Waals surface area (Å²) < 4.78 is 10.6. The molecule has 0 heterocycles. The summed E-state index contributed by atoms with van der Waals surface area (Å²) in [6, 6.07) is 7.20. The van der Waals surface area contributed by atoms with Gasteiger partial charge in [0.25, 0.3) is 0 Å². The van der Waals surface area contributed by atoms with E-state index in [0.717, 1.165) is 12.0 Å². The third-order valence-corrected chi connectivity index (χ3v) is 2.38. The minimum atomic E-state index is -0.565. The number of benzene rings is 1. The second-order valence-corrected chi connectivity index (χ2v) is 5.71. The van der Waals surface area contributed by atoms with Gasteiger partial charge in [0.05, 0.1) is 18.2 Å². The molecule has 5 heteroatoms. The largest absolute Gasteiger partial charge is 0.444 e. The van der Waals surface area contributed by atoms with Crippen molar-refractivity contribution in [2.45, 2.75) is 46.3 Å². The zero-order valence-corrected chi connectivity index (χ0v) is 13.0. The molecule has 0 radical (unpaired) electrons. The van der Waals surface area contributed by atoms with Crippen molar-refractivity contribution in [1.82, 2.24) is 0 Å². The van der Waals surface area contributed by atoms with Gasteiger partial charge in [-0.05, 0) is 51.0 Å². The van der Waals surface area contributed by atoms with Crippen LogP contribution in [-0.2, 0) is 16.1 Å². The summed E-state index contributed by atoms with van der Waals surface area (Å²) in [5.41, 5.74) is 1.27. The fraction of sp³-hybridized carbons (Fsp3) is 0.500. The number of hydrogen-bond donors (Lipinski definition) is 1. The van der Waals surface area contributed by atoms with Gasteiger partial charge in [0.15, 0.2) is 0 Å². The molecule has 0 spiro atoms. The Morgan fingerprint density at radius 3 is 2.62 bits per heavy atom. The maximum Gasteiger partial charge on any atom is 0.412 e. The summed E-state index contributed by atoms with van der Waals surface area (Å²) in [5, 5.41) is 11.7. The third-order valence-electron chi connectivity index (χ3n) is 2.38. The Bertz CT molecular complexity index is 527. The van der Waals surface area contributed by atoms with Crippen LogP contribution in [0.25, 0.3) is 0 Å². The Hall–Kier alpha value is -2.06. The molecule has 0 bridgehead atoms. The lowest BCUT2D eigenvalue weighted by molar-refractivity contribution is 0.0636. The molecule has 114 valence electrons. The Balaban J connectivity index is 2.79. The summed E-state index contributed by atoms with van der Waals surface area (Å²) in [6.07, 6.45) is 0.388. The van der Waals surface area contributed by atoms with Crippen LogP contribution in [-0.4, -0.2) is 18.3 Å². The van der Waals surface area contributed by atoms with E-state index in [4.69, 9.17) is 14.7 Å². The number of ether oxygens (including phenoxy) is 2. The molecular formula is C16H22N2O3. The number of rotatable bonds is 5. The van der Waals surface area contributed by atoms with E-state index < -0.39 is 11.7 Å². The summed E-state index contributed by atoms with van der Waals surface area (Å²) in [5.74, 6) is 0. The van der Waals surface area contributed by atoms with E-state index in [1.54, 1.807) is 39.0 Å². The highest BCUT2D eigenvalue weighted by Crippen LogP contribution is 2.17. The van der Waals surface area contributed by atoms with Gasteiger partial charge in [-0.15, -0.1) is 0 Å². The number of nitriles is 1. The summed E-state index contributed by atoms with van der Waals surface area (Å²) in [6.45, 7) is 8.48. The Labute approximate surface area is 125 Å². The topological polar surface area (TPSA) is 71.3 Å². The van der Waals surface area contributed by atoms with E-state index in [1.807, 2.05) is 6.92 Å². The first kappa shape index (κ1) is 17.0. The van der Waals surface area contributed by atoms with E-state index in [1.165, 1.54) is 0 Å². The maximum atomic E-state index is 11.8. The lowest BCUT2D eigenvalue weighted by Crippen LogP contribution is -2.27. The normalized spacial score (nSPS) is 10.8. The molecule has 0 aromatic heterocycles. The van der Waals surface area contributed by atoms with Crippen LogP contribution in [0.3, 0.4) is 0 Å². The highest BCUT2D eigenvalue weighted by molar-refractivity contribution is 5.85. The van der Waals surface area contributed by atoms with Gasteiger partial charge >= 0.3 is 6.09 Å². The van der Waals surface area contributed by atoms with Crippen LogP contribution in [0.5, 0.6) is 0 Å². The zero-order chi connectivity index (χ0) is 15.9. The molecule has 0 saturated carbocycles. The van der Waals surface area contributed by atoms with Crippen LogP contribution >= 0.6 is 0 Å². The first-order valence-electron chi connectivity index (χ1n) is 6.96. The lowest BCUT2D eigenvalue weighted by atomic mass is 10.1. The van der Waals surface area contributed by atoms with Crippen LogP contribution < -0.4 is 5.32 Å². The minimum absolute atomic E-state index is 0.409. The lowest BCUT2D eigenvalue weighted by Gasteiger charge is -2.20. The molecule has 0 saturated heterocycles. The highest BCUT2D eigenvalue weighted by Gasteiger charge is 2.16. The SMILES string of the molecule is CCCOCc1cc(C#N)cc(NC(=O)OC(C)(C)C)c1. The average Bonchev–Trinajstić information content (AvgIpc) is 2.36. The molecule has 0 fully saturated rings. The fourth-order valence-corrected chi connectivity index (χ4v) is 1.67. The van der Waals surface area contributed by atoms with Crippen LogP contribution in [0, 0.1) is 11.3 Å². The van der Waals surface area contributed by atoms with Gasteiger partial charge < -0.3 is 9.47 Å². The molecule has 1 rings (SSSR count). The molecule has 0 aliphatic carbocycles. The predicted octanol–water partition coefficient (Wildman–Crippen LogP) is 3.83. The van der Waals surface area contributed by atoms with Crippen LogP contribution in [0.2, 0.25) is 0 Å². The molecule has 21 heavy (non-hydrogen) atoms. The number of anilines is 1. The smallest absolute Gasteiger partial charge is 0.412 e. The summed E-state index contributed by atoms with van der Waals surface area (Å²) in [7, 11) is 0. The van der Waals surface area contributed by atoms with Gasteiger partial charge in [0, 0.05) is 12.3 Å². The van der Waals surface area contributed by atoms with Gasteiger partial charge in [0.2, 0.25) is 0 Å². The number of carbonyl (C=O) groups excluding carboxylic acids is 1. The molecule has 1 aromatic rings. The molecular weight excluding hydrogens is 268 g/mol. The van der Waals surface area contributed by atoms with Crippen molar-refractivity contribution < 1.29 is 14.3 Å². The number of carbonyl (C=O) groups is 1. The van der Waals surface area contributed by atoms with Gasteiger partial charge in [0.1, 0.15) is 5.60 Å². The molecule has 1 amide bonds. The second-order valence-electron chi connectivity index (χ2n) is 5.71. The van der Waals surface area contributed by atoms with Crippen LogP contribution in [0.15, 0.2) is 18.2 Å². The van der Waals surface area contributed by atoms with E-state index >= 15 is 0 Å². The molecule has 0 aliphatic heterocycles. The molecule has 0 atom stereocenters. The van der Waals surface area contributed by atoms with Crippen molar-refractivity contribution in [2.75, 3.05) is 11.9 Å². The summed E-state index contributed by atoms with van der Waals surface area (Å²) in [4.78, 5) is 11.8. The van der Waals surface area contributed by atoms with Gasteiger partial charge in [-0.3, -0.25) is 5.32 Å². The Kier molecular flexibility index (Phi) is 6.19. The summed E-state index contributed by atoms with van der Waals surface area (Å²) >= 11 is 0. The first-order chi connectivity index (χ1) is 9.84. The Morgan fingerprint density at radius 2 is 2.05 bits per heavy atom. The molecule has 5 nitrogen and oxygen atoms in total. The van der Waals surface area contributed by atoms with Gasteiger partial charge in [-0.2, -0.15) is 5.26 Å². The quantitative estimate of drug-likeness (QED) is 0.836. The van der Waals surface area contributed by atoms with Crippen molar-refractivity contribution in [1.29, 1.82) is 5.26 Å². The Morgan fingerprint density at radius 1 is 1.33 bits per heavy atom.